The van der Waals surface area contributed by atoms with Crippen LogP contribution in [0.4, 0.5) is 20.3 Å². The maximum Gasteiger partial charge on any atom is 0.387 e. The number of carbonyl (C=O) groups is 1. The molecule has 0 atom stereocenters. The normalized spacial score (nSPS) is 13.9. The van der Waals surface area contributed by atoms with E-state index in [0.717, 1.165) is 5.56 Å². The van der Waals surface area contributed by atoms with Gasteiger partial charge in [0.15, 0.2) is 5.82 Å². The lowest BCUT2D eigenvalue weighted by Crippen LogP contribution is -2.46. The van der Waals surface area contributed by atoms with Gasteiger partial charge in [0.1, 0.15) is 17.4 Å². The summed E-state index contributed by atoms with van der Waals surface area (Å²) in [6, 6.07) is 10.3. The molecule has 3 heterocycles. The number of aromatic nitrogens is 3. The first kappa shape index (κ1) is 24.9. The van der Waals surface area contributed by atoms with E-state index in [1.807, 2.05) is 17.0 Å². The minimum atomic E-state index is -2.86. The number of carbonyl (C=O) groups excluding carboxylic acids is 1. The van der Waals surface area contributed by atoms with Crippen molar-refractivity contribution < 1.29 is 23.0 Å². The Morgan fingerprint density at radius 3 is 2.72 bits per heavy atom. The number of ether oxygens (including phenoxy) is 2. The molecule has 1 aromatic carbocycles. The first-order valence-corrected chi connectivity index (χ1v) is 11.2. The highest BCUT2D eigenvalue weighted by Gasteiger charge is 2.24. The number of methoxy groups -OCH3 is 1. The lowest BCUT2D eigenvalue weighted by molar-refractivity contribution is -0.0499. The molecule has 10 nitrogen and oxygen atoms in total. The van der Waals surface area contributed by atoms with E-state index >= 15 is 0 Å². The molecular formula is C24H25F2N7O3. The van der Waals surface area contributed by atoms with Gasteiger partial charge >= 0.3 is 6.61 Å². The molecule has 12 heteroatoms. The number of pyridine rings is 1. The molecule has 0 unspecified atom stereocenters. The first-order valence-electron chi connectivity index (χ1n) is 11.2. The molecule has 4 rings (SSSR count). The molecule has 0 spiro atoms. The van der Waals surface area contributed by atoms with Crippen molar-refractivity contribution in [1.29, 1.82) is 5.26 Å². The van der Waals surface area contributed by atoms with Crippen molar-refractivity contribution in [2.75, 3.05) is 43.5 Å². The van der Waals surface area contributed by atoms with Crippen molar-refractivity contribution >= 4 is 17.4 Å². The van der Waals surface area contributed by atoms with Gasteiger partial charge in [-0.25, -0.2) is 4.98 Å². The fourth-order valence-corrected chi connectivity index (χ4v) is 4.02. The summed E-state index contributed by atoms with van der Waals surface area (Å²) in [5.41, 5.74) is 1.86. The van der Waals surface area contributed by atoms with Crippen LogP contribution in [-0.2, 0) is 13.6 Å². The summed E-state index contributed by atoms with van der Waals surface area (Å²) in [5, 5.41) is 16.3. The predicted molar refractivity (Wildman–Crippen MR) is 127 cm³/mol. The average molecular weight is 498 g/mol. The number of hydrogen-bond acceptors (Lipinski definition) is 8. The molecule has 1 saturated heterocycles. The third kappa shape index (κ3) is 5.87. The van der Waals surface area contributed by atoms with E-state index in [4.69, 9.17) is 4.74 Å². The van der Waals surface area contributed by atoms with Crippen LogP contribution in [0.5, 0.6) is 11.6 Å². The van der Waals surface area contributed by atoms with Crippen LogP contribution in [-0.4, -0.2) is 65.5 Å². The number of aryl methyl sites for hydroxylation is 1. The maximum absolute atomic E-state index is 13.0. The van der Waals surface area contributed by atoms with Crippen molar-refractivity contribution in [1.82, 2.24) is 19.7 Å². The molecule has 3 aromatic rings. The van der Waals surface area contributed by atoms with E-state index in [0.29, 0.717) is 49.8 Å². The molecule has 0 radical (unpaired) electrons. The zero-order valence-corrected chi connectivity index (χ0v) is 19.8. The summed E-state index contributed by atoms with van der Waals surface area (Å²) in [6.07, 6.45) is 3.02. The van der Waals surface area contributed by atoms with Crippen LogP contribution in [0.1, 0.15) is 21.5 Å². The van der Waals surface area contributed by atoms with E-state index in [2.05, 4.69) is 25.0 Å². The highest BCUT2D eigenvalue weighted by molar-refractivity contribution is 6.07. The van der Waals surface area contributed by atoms with Gasteiger partial charge in [0.05, 0.1) is 18.4 Å². The number of anilines is 2. The monoisotopic (exact) mass is 497 g/mol. The van der Waals surface area contributed by atoms with E-state index in [9.17, 15) is 18.8 Å². The second-order valence-corrected chi connectivity index (χ2v) is 8.18. The molecule has 1 amide bonds. The molecule has 0 aliphatic carbocycles. The van der Waals surface area contributed by atoms with Gasteiger partial charge in [-0.3, -0.25) is 14.4 Å². The Labute approximate surface area is 206 Å². The smallest absolute Gasteiger partial charge is 0.387 e. The second kappa shape index (κ2) is 11.0. The van der Waals surface area contributed by atoms with Crippen molar-refractivity contribution in [3.8, 4) is 17.7 Å². The minimum absolute atomic E-state index is 0.133. The number of alkyl halides is 2. The standard InChI is InChI=1S/C24H25F2N7O3/c1-31-15-19(23(30-31)35-2)22(34)29-20-11-17(12-27)13-28-21(20)33-8-6-32(7-9-33)14-16-4-3-5-18(10-16)36-24(25)26/h3-5,10-11,13,15,24H,6-9,14H2,1-2H3,(H,29,34). The highest BCUT2D eigenvalue weighted by Crippen LogP contribution is 2.27. The van der Waals surface area contributed by atoms with Gasteiger partial charge in [0.25, 0.3) is 5.91 Å². The Bertz CT molecular complexity index is 1270. The average Bonchev–Trinajstić information content (AvgIpc) is 3.25. The number of halogens is 2. The SMILES string of the molecule is COc1nn(C)cc1C(=O)Nc1cc(C#N)cnc1N1CCN(Cc2cccc(OC(F)F)c2)CC1. The number of nitrogens with one attached hydrogen (secondary N) is 1. The summed E-state index contributed by atoms with van der Waals surface area (Å²) in [5.74, 6) is 0.450. The lowest BCUT2D eigenvalue weighted by atomic mass is 10.1. The van der Waals surface area contributed by atoms with Gasteiger partial charge in [-0.2, -0.15) is 14.0 Å². The summed E-state index contributed by atoms with van der Waals surface area (Å²) < 4.78 is 36.2. The Kier molecular flexibility index (Phi) is 7.60. The summed E-state index contributed by atoms with van der Waals surface area (Å²) in [6.45, 7) is 0.324. The third-order valence-electron chi connectivity index (χ3n) is 5.68. The molecule has 2 aromatic heterocycles. The van der Waals surface area contributed by atoms with E-state index in [-0.39, 0.29) is 17.2 Å². The summed E-state index contributed by atoms with van der Waals surface area (Å²) >= 11 is 0. The Morgan fingerprint density at radius 2 is 2.03 bits per heavy atom. The Hall–Kier alpha value is -4.24. The van der Waals surface area contributed by atoms with Crippen LogP contribution in [0.25, 0.3) is 0 Å². The quantitative estimate of drug-likeness (QED) is 0.506. The lowest BCUT2D eigenvalue weighted by Gasteiger charge is -2.36. The van der Waals surface area contributed by atoms with Gasteiger partial charge in [0, 0.05) is 52.2 Å². The molecule has 1 fully saturated rings. The van der Waals surface area contributed by atoms with Crippen molar-refractivity contribution in [3.63, 3.8) is 0 Å². The van der Waals surface area contributed by atoms with Crippen LogP contribution in [0, 0.1) is 11.3 Å². The number of benzene rings is 1. The molecule has 1 aliphatic heterocycles. The number of amides is 1. The fraction of sp³-hybridized carbons (Fsp3) is 0.333. The molecule has 0 saturated carbocycles. The topological polar surface area (TPSA) is 109 Å². The van der Waals surface area contributed by atoms with Crippen molar-refractivity contribution in [2.24, 2.45) is 7.05 Å². The number of rotatable bonds is 8. The van der Waals surface area contributed by atoms with Gasteiger partial charge < -0.3 is 19.7 Å². The van der Waals surface area contributed by atoms with Crippen LogP contribution in [0.15, 0.2) is 42.7 Å². The van der Waals surface area contributed by atoms with Gasteiger partial charge in [-0.1, -0.05) is 12.1 Å². The molecule has 36 heavy (non-hydrogen) atoms. The number of piperazine rings is 1. The first-order chi connectivity index (χ1) is 17.4. The minimum Gasteiger partial charge on any atom is -0.479 e. The Morgan fingerprint density at radius 1 is 1.25 bits per heavy atom. The highest BCUT2D eigenvalue weighted by atomic mass is 19.3. The zero-order chi connectivity index (χ0) is 25.7. The van der Waals surface area contributed by atoms with Crippen molar-refractivity contribution in [2.45, 2.75) is 13.2 Å². The van der Waals surface area contributed by atoms with Gasteiger partial charge in [-0.15, -0.1) is 5.10 Å². The zero-order valence-electron chi connectivity index (χ0n) is 19.8. The van der Waals surface area contributed by atoms with Crippen LogP contribution in [0.2, 0.25) is 0 Å². The van der Waals surface area contributed by atoms with E-state index in [1.165, 1.54) is 24.1 Å². The van der Waals surface area contributed by atoms with Crippen LogP contribution in [0.3, 0.4) is 0 Å². The number of nitriles is 1. The van der Waals surface area contributed by atoms with Crippen molar-refractivity contribution in [3.05, 3.63) is 59.4 Å². The largest absolute Gasteiger partial charge is 0.479 e. The predicted octanol–water partition coefficient (Wildman–Crippen LogP) is 2.87. The number of nitrogens with zero attached hydrogens (tertiary/aromatic N) is 6. The van der Waals surface area contributed by atoms with Gasteiger partial charge in [0.2, 0.25) is 5.88 Å². The second-order valence-electron chi connectivity index (χ2n) is 8.18. The van der Waals surface area contributed by atoms with E-state index < -0.39 is 12.5 Å². The molecule has 1 N–H and O–H groups in total. The summed E-state index contributed by atoms with van der Waals surface area (Å²) in [7, 11) is 3.12. The fourth-order valence-electron chi connectivity index (χ4n) is 4.02. The van der Waals surface area contributed by atoms with Crippen LogP contribution < -0.4 is 19.7 Å². The maximum atomic E-state index is 13.0. The van der Waals surface area contributed by atoms with E-state index in [1.54, 1.807) is 31.4 Å². The molecule has 188 valence electrons. The Balaban J connectivity index is 1.45. The third-order valence-corrected chi connectivity index (χ3v) is 5.68. The van der Waals surface area contributed by atoms with Crippen LogP contribution >= 0.6 is 0 Å². The molecule has 0 bridgehead atoms. The number of hydrogen-bond donors (Lipinski definition) is 1. The molecular weight excluding hydrogens is 472 g/mol. The van der Waals surface area contributed by atoms with Gasteiger partial charge in [-0.05, 0) is 23.8 Å². The summed E-state index contributed by atoms with van der Waals surface area (Å²) in [4.78, 5) is 21.6. The molecule has 1 aliphatic rings.